The van der Waals surface area contributed by atoms with Gasteiger partial charge in [-0.3, -0.25) is 14.9 Å². The molecule has 1 N–H and O–H groups in total. The van der Waals surface area contributed by atoms with Gasteiger partial charge in [-0.2, -0.15) is 0 Å². The highest BCUT2D eigenvalue weighted by Gasteiger charge is 2.12. The van der Waals surface area contributed by atoms with Crippen LogP contribution in [-0.2, 0) is 0 Å². The standard InChI is InChI=1S/C17H12ClN3O2S2/c18-13-8-4-7-12(9-13)15(23)19-16-20-21-17(25-16)24-10-14(22)11-5-2-1-3-6-11/h1-9H,10H2,(H,19,20,23). The number of carbonyl (C=O) groups excluding carboxylic acids is 2. The number of carbonyl (C=O) groups is 2. The van der Waals surface area contributed by atoms with Crippen molar-refractivity contribution < 1.29 is 9.59 Å². The molecule has 8 heteroatoms. The lowest BCUT2D eigenvalue weighted by atomic mass is 10.2. The second kappa shape index (κ2) is 8.24. The molecule has 3 aromatic rings. The molecule has 0 radical (unpaired) electrons. The molecule has 1 amide bonds. The van der Waals surface area contributed by atoms with Crippen molar-refractivity contribution in [2.45, 2.75) is 4.34 Å². The van der Waals surface area contributed by atoms with E-state index < -0.39 is 0 Å². The number of benzene rings is 2. The Bertz CT molecular complexity index is 900. The Morgan fingerprint density at radius 1 is 1.04 bits per heavy atom. The molecule has 5 nitrogen and oxygen atoms in total. The molecule has 0 spiro atoms. The van der Waals surface area contributed by atoms with Gasteiger partial charge in [-0.15, -0.1) is 10.2 Å². The molecule has 0 saturated heterocycles. The molecule has 0 aliphatic heterocycles. The number of hydrogen-bond donors (Lipinski definition) is 1. The van der Waals surface area contributed by atoms with Gasteiger partial charge in [0.1, 0.15) is 0 Å². The lowest BCUT2D eigenvalue weighted by Gasteiger charge is -2.01. The summed E-state index contributed by atoms with van der Waals surface area (Å²) in [4.78, 5) is 24.2. The largest absolute Gasteiger partial charge is 0.296 e. The Morgan fingerprint density at radius 3 is 2.56 bits per heavy atom. The lowest BCUT2D eigenvalue weighted by molar-refractivity contribution is 0.101. The van der Waals surface area contributed by atoms with Gasteiger partial charge in [0.05, 0.1) is 5.75 Å². The molecule has 0 bridgehead atoms. The first-order valence-electron chi connectivity index (χ1n) is 7.23. The molecule has 1 aromatic heterocycles. The van der Waals surface area contributed by atoms with Gasteiger partial charge < -0.3 is 0 Å². The summed E-state index contributed by atoms with van der Waals surface area (Å²) in [6, 6.07) is 15.7. The van der Waals surface area contributed by atoms with E-state index in [1.807, 2.05) is 18.2 Å². The molecule has 1 heterocycles. The first-order chi connectivity index (χ1) is 12.1. The number of aromatic nitrogens is 2. The minimum Gasteiger partial charge on any atom is -0.296 e. The molecule has 0 saturated carbocycles. The minimum absolute atomic E-state index is 0.0188. The van der Waals surface area contributed by atoms with Crippen molar-refractivity contribution in [3.8, 4) is 0 Å². The number of amides is 1. The average molecular weight is 390 g/mol. The second-order valence-corrected chi connectivity index (χ2v) is 7.55. The van der Waals surface area contributed by atoms with Gasteiger partial charge in [0.2, 0.25) is 5.13 Å². The van der Waals surface area contributed by atoms with Crippen LogP contribution in [0.2, 0.25) is 5.02 Å². The molecule has 0 atom stereocenters. The normalized spacial score (nSPS) is 10.4. The maximum atomic E-state index is 12.1. The average Bonchev–Trinajstić information content (AvgIpc) is 3.08. The smallest absolute Gasteiger partial charge is 0.257 e. The molecule has 126 valence electrons. The highest BCUT2D eigenvalue weighted by atomic mass is 35.5. The van der Waals surface area contributed by atoms with E-state index >= 15 is 0 Å². The predicted octanol–water partition coefficient (Wildman–Crippen LogP) is 4.42. The number of Topliss-reactive ketones (excluding diaryl/α,β-unsaturated/α-hetero) is 1. The number of ketones is 1. The third kappa shape index (κ3) is 4.88. The van der Waals surface area contributed by atoms with E-state index in [0.29, 0.717) is 25.6 Å². The highest BCUT2D eigenvalue weighted by molar-refractivity contribution is 8.01. The molecule has 0 aliphatic rings. The van der Waals surface area contributed by atoms with Crippen LogP contribution in [0, 0.1) is 0 Å². The zero-order valence-corrected chi connectivity index (χ0v) is 15.2. The SMILES string of the molecule is O=C(CSc1nnc(NC(=O)c2cccc(Cl)c2)s1)c1ccccc1. The van der Waals surface area contributed by atoms with Crippen LogP contribution in [0.3, 0.4) is 0 Å². The Kier molecular flexibility index (Phi) is 5.80. The third-order valence-electron chi connectivity index (χ3n) is 3.14. The Labute approximate surface area is 157 Å². The molecule has 0 fully saturated rings. The Morgan fingerprint density at radius 2 is 1.80 bits per heavy atom. The van der Waals surface area contributed by atoms with E-state index in [1.54, 1.807) is 36.4 Å². The summed E-state index contributed by atoms with van der Waals surface area (Å²) < 4.78 is 0.616. The number of thioether (sulfide) groups is 1. The fraction of sp³-hybridized carbons (Fsp3) is 0.0588. The van der Waals surface area contributed by atoms with E-state index in [2.05, 4.69) is 15.5 Å². The van der Waals surface area contributed by atoms with E-state index in [1.165, 1.54) is 23.1 Å². The third-order valence-corrected chi connectivity index (χ3v) is 5.34. The van der Waals surface area contributed by atoms with Crippen molar-refractivity contribution in [1.82, 2.24) is 10.2 Å². The second-order valence-electron chi connectivity index (χ2n) is 4.92. The molecule has 0 unspecified atom stereocenters. The fourth-order valence-electron chi connectivity index (χ4n) is 1.95. The number of nitrogens with one attached hydrogen (secondary N) is 1. The monoisotopic (exact) mass is 389 g/mol. The number of nitrogens with zero attached hydrogens (tertiary/aromatic N) is 2. The van der Waals surface area contributed by atoms with Crippen molar-refractivity contribution in [1.29, 1.82) is 0 Å². The quantitative estimate of drug-likeness (QED) is 0.384. The summed E-state index contributed by atoms with van der Waals surface area (Å²) in [6.07, 6.45) is 0. The Balaban J connectivity index is 1.57. The summed E-state index contributed by atoms with van der Waals surface area (Å²) in [5.74, 6) is -0.0261. The Hall–Kier alpha value is -2.22. The van der Waals surface area contributed by atoms with E-state index in [9.17, 15) is 9.59 Å². The topological polar surface area (TPSA) is 72.0 Å². The van der Waals surface area contributed by atoms with Crippen molar-refractivity contribution in [2.75, 3.05) is 11.1 Å². The van der Waals surface area contributed by atoms with Crippen LogP contribution in [0.1, 0.15) is 20.7 Å². The van der Waals surface area contributed by atoms with Crippen LogP contribution in [-0.4, -0.2) is 27.6 Å². The van der Waals surface area contributed by atoms with E-state index in [4.69, 9.17) is 11.6 Å². The molecule has 25 heavy (non-hydrogen) atoms. The summed E-state index contributed by atoms with van der Waals surface area (Å²) in [5, 5.41) is 11.4. The van der Waals surface area contributed by atoms with E-state index in [-0.39, 0.29) is 17.4 Å². The van der Waals surface area contributed by atoms with Gasteiger partial charge in [0, 0.05) is 16.1 Å². The maximum Gasteiger partial charge on any atom is 0.257 e. The molecule has 3 rings (SSSR count). The first-order valence-corrected chi connectivity index (χ1v) is 9.41. The zero-order valence-electron chi connectivity index (χ0n) is 12.8. The number of rotatable bonds is 6. The molecular formula is C17H12ClN3O2S2. The number of anilines is 1. The van der Waals surface area contributed by atoms with Gasteiger partial charge in [-0.25, -0.2) is 0 Å². The van der Waals surface area contributed by atoms with Crippen LogP contribution >= 0.6 is 34.7 Å². The van der Waals surface area contributed by atoms with Crippen LogP contribution in [0.25, 0.3) is 0 Å². The summed E-state index contributed by atoms with van der Waals surface area (Å²) in [6.45, 7) is 0. The van der Waals surface area contributed by atoms with Crippen molar-refractivity contribution in [3.05, 3.63) is 70.7 Å². The van der Waals surface area contributed by atoms with Gasteiger partial charge in [0.15, 0.2) is 10.1 Å². The zero-order chi connectivity index (χ0) is 17.6. The highest BCUT2D eigenvalue weighted by Crippen LogP contribution is 2.26. The van der Waals surface area contributed by atoms with Gasteiger partial charge in [-0.05, 0) is 18.2 Å². The summed E-state index contributed by atoms with van der Waals surface area (Å²) in [5.41, 5.74) is 1.10. The lowest BCUT2D eigenvalue weighted by Crippen LogP contribution is -2.11. The minimum atomic E-state index is -0.310. The molecular weight excluding hydrogens is 378 g/mol. The number of hydrogen-bond acceptors (Lipinski definition) is 6. The van der Waals surface area contributed by atoms with Gasteiger partial charge >= 0.3 is 0 Å². The summed E-state index contributed by atoms with van der Waals surface area (Å²) >= 11 is 8.39. The first kappa shape index (κ1) is 17.6. The van der Waals surface area contributed by atoms with Crippen molar-refractivity contribution >= 4 is 51.5 Å². The molecule has 0 aliphatic carbocycles. The van der Waals surface area contributed by atoms with Gasteiger partial charge in [0.25, 0.3) is 5.91 Å². The van der Waals surface area contributed by atoms with E-state index in [0.717, 1.165) is 0 Å². The van der Waals surface area contributed by atoms with Crippen LogP contribution in [0.15, 0.2) is 58.9 Å². The predicted molar refractivity (Wildman–Crippen MR) is 101 cm³/mol. The van der Waals surface area contributed by atoms with Gasteiger partial charge in [-0.1, -0.05) is 71.1 Å². The van der Waals surface area contributed by atoms with Crippen LogP contribution in [0.5, 0.6) is 0 Å². The maximum absolute atomic E-state index is 12.1. The fourth-order valence-corrected chi connectivity index (χ4v) is 3.78. The number of halogens is 1. The van der Waals surface area contributed by atoms with Crippen molar-refractivity contribution in [3.63, 3.8) is 0 Å². The van der Waals surface area contributed by atoms with Crippen LogP contribution < -0.4 is 5.32 Å². The van der Waals surface area contributed by atoms with Crippen LogP contribution in [0.4, 0.5) is 5.13 Å². The van der Waals surface area contributed by atoms with Crippen molar-refractivity contribution in [2.24, 2.45) is 0 Å². The molecule has 2 aromatic carbocycles. The summed E-state index contributed by atoms with van der Waals surface area (Å²) in [7, 11) is 0.